The Balaban J connectivity index is 1.54. The van der Waals surface area contributed by atoms with E-state index in [4.69, 9.17) is 0 Å². The molecule has 2 saturated heterocycles. The van der Waals surface area contributed by atoms with Gasteiger partial charge in [0, 0.05) is 36.7 Å². The lowest BCUT2D eigenvalue weighted by Gasteiger charge is -2.36. The zero-order valence-electron chi connectivity index (χ0n) is 14.5. The summed E-state index contributed by atoms with van der Waals surface area (Å²) in [5.41, 5.74) is 1.65. The Morgan fingerprint density at radius 2 is 1.84 bits per heavy atom. The summed E-state index contributed by atoms with van der Waals surface area (Å²) in [5, 5.41) is 11.7. The maximum Gasteiger partial charge on any atom is 0.270 e. The fraction of sp³-hybridized carbons (Fsp3) is 0.556. The standard InChI is InChI=1S/C18H23N5O2/c1-13-16-12-15(23(24)25)4-5-17(16)20-18(19-13)22-10-6-14(7-11-22)21-8-2-3-9-21/h4-5,12,14H,2-3,6-11H2,1H3. The van der Waals surface area contributed by atoms with E-state index < -0.39 is 0 Å². The van der Waals surface area contributed by atoms with Gasteiger partial charge in [0.1, 0.15) is 0 Å². The van der Waals surface area contributed by atoms with Crippen molar-refractivity contribution in [2.75, 3.05) is 31.1 Å². The fourth-order valence-corrected chi connectivity index (χ4v) is 4.05. The minimum absolute atomic E-state index is 0.0818. The number of anilines is 1. The fourth-order valence-electron chi connectivity index (χ4n) is 4.05. The Labute approximate surface area is 146 Å². The molecule has 0 atom stereocenters. The normalized spacial score (nSPS) is 19.6. The quantitative estimate of drug-likeness (QED) is 0.631. The van der Waals surface area contributed by atoms with Gasteiger partial charge in [0.2, 0.25) is 5.95 Å². The van der Waals surface area contributed by atoms with Crippen molar-refractivity contribution in [3.05, 3.63) is 34.0 Å². The second kappa shape index (κ2) is 6.55. The Bertz CT molecular complexity index is 795. The zero-order valence-corrected chi connectivity index (χ0v) is 14.5. The summed E-state index contributed by atoms with van der Waals surface area (Å²) in [4.78, 5) is 24.7. The molecule has 2 aliphatic heterocycles. The lowest BCUT2D eigenvalue weighted by molar-refractivity contribution is -0.384. The Morgan fingerprint density at radius 3 is 2.52 bits per heavy atom. The minimum Gasteiger partial charge on any atom is -0.341 e. The molecular weight excluding hydrogens is 318 g/mol. The number of nitro benzene ring substituents is 1. The molecule has 132 valence electrons. The van der Waals surface area contributed by atoms with Gasteiger partial charge in [-0.2, -0.15) is 0 Å². The Kier molecular flexibility index (Phi) is 4.25. The average molecular weight is 341 g/mol. The number of hydrogen-bond acceptors (Lipinski definition) is 6. The van der Waals surface area contributed by atoms with Crippen LogP contribution >= 0.6 is 0 Å². The number of fused-ring (bicyclic) bond motifs is 1. The predicted molar refractivity (Wildman–Crippen MR) is 97.0 cm³/mol. The molecule has 2 fully saturated rings. The first kappa shape index (κ1) is 16.2. The van der Waals surface area contributed by atoms with Gasteiger partial charge >= 0.3 is 0 Å². The number of benzene rings is 1. The van der Waals surface area contributed by atoms with Crippen LogP contribution in [0.15, 0.2) is 18.2 Å². The largest absolute Gasteiger partial charge is 0.341 e. The number of piperidine rings is 1. The number of likely N-dealkylation sites (tertiary alicyclic amines) is 1. The molecule has 4 rings (SSSR count). The number of rotatable bonds is 3. The highest BCUT2D eigenvalue weighted by atomic mass is 16.6. The van der Waals surface area contributed by atoms with E-state index >= 15 is 0 Å². The zero-order chi connectivity index (χ0) is 17.4. The van der Waals surface area contributed by atoms with Crippen molar-refractivity contribution in [3.8, 4) is 0 Å². The van der Waals surface area contributed by atoms with Crippen molar-refractivity contribution < 1.29 is 4.92 Å². The molecule has 0 saturated carbocycles. The van der Waals surface area contributed by atoms with E-state index in [1.54, 1.807) is 12.1 Å². The molecule has 2 aromatic rings. The Morgan fingerprint density at radius 1 is 1.12 bits per heavy atom. The maximum atomic E-state index is 11.0. The van der Waals surface area contributed by atoms with Gasteiger partial charge in [0.15, 0.2) is 0 Å². The molecule has 1 aromatic carbocycles. The number of aryl methyl sites for hydroxylation is 1. The second-order valence-corrected chi connectivity index (χ2v) is 7.03. The average Bonchev–Trinajstić information content (AvgIpc) is 3.16. The topological polar surface area (TPSA) is 75.4 Å². The lowest BCUT2D eigenvalue weighted by Crippen LogP contribution is -2.44. The number of nitrogens with zero attached hydrogens (tertiary/aromatic N) is 5. The van der Waals surface area contributed by atoms with Crippen molar-refractivity contribution >= 4 is 22.5 Å². The monoisotopic (exact) mass is 341 g/mol. The van der Waals surface area contributed by atoms with Crippen molar-refractivity contribution in [1.82, 2.24) is 14.9 Å². The summed E-state index contributed by atoms with van der Waals surface area (Å²) in [6.45, 7) is 6.33. The van der Waals surface area contributed by atoms with Crippen LogP contribution in [0.1, 0.15) is 31.4 Å². The third-order valence-corrected chi connectivity index (χ3v) is 5.47. The third-order valence-electron chi connectivity index (χ3n) is 5.47. The van der Waals surface area contributed by atoms with Crippen LogP contribution in [0.2, 0.25) is 0 Å². The molecule has 0 spiro atoms. The van der Waals surface area contributed by atoms with Crippen LogP contribution in [0.5, 0.6) is 0 Å². The number of nitro groups is 1. The van der Waals surface area contributed by atoms with Crippen LogP contribution in [-0.4, -0.2) is 52.0 Å². The third kappa shape index (κ3) is 3.16. The summed E-state index contributed by atoms with van der Waals surface area (Å²) >= 11 is 0. The van der Waals surface area contributed by atoms with E-state index in [9.17, 15) is 10.1 Å². The van der Waals surface area contributed by atoms with Crippen molar-refractivity contribution in [2.45, 2.75) is 38.6 Å². The first-order chi connectivity index (χ1) is 12.1. The summed E-state index contributed by atoms with van der Waals surface area (Å²) in [7, 11) is 0. The van der Waals surface area contributed by atoms with E-state index in [0.29, 0.717) is 6.04 Å². The molecule has 25 heavy (non-hydrogen) atoms. The first-order valence-electron chi connectivity index (χ1n) is 9.03. The molecule has 0 radical (unpaired) electrons. The number of hydrogen-bond donors (Lipinski definition) is 0. The van der Waals surface area contributed by atoms with Crippen molar-refractivity contribution in [3.63, 3.8) is 0 Å². The van der Waals surface area contributed by atoms with E-state index in [1.807, 2.05) is 6.92 Å². The van der Waals surface area contributed by atoms with E-state index in [0.717, 1.165) is 48.5 Å². The summed E-state index contributed by atoms with van der Waals surface area (Å²) < 4.78 is 0. The van der Waals surface area contributed by atoms with Gasteiger partial charge in [-0.05, 0) is 51.8 Å². The van der Waals surface area contributed by atoms with E-state index in [2.05, 4.69) is 19.8 Å². The van der Waals surface area contributed by atoms with Crippen LogP contribution in [0.4, 0.5) is 11.6 Å². The van der Waals surface area contributed by atoms with Crippen LogP contribution in [0.3, 0.4) is 0 Å². The second-order valence-electron chi connectivity index (χ2n) is 7.03. The van der Waals surface area contributed by atoms with Crippen LogP contribution < -0.4 is 4.90 Å². The SMILES string of the molecule is Cc1nc(N2CCC(N3CCCC3)CC2)nc2ccc([N+](=O)[O-])cc12. The van der Waals surface area contributed by atoms with Gasteiger partial charge < -0.3 is 9.80 Å². The van der Waals surface area contributed by atoms with Crippen molar-refractivity contribution in [1.29, 1.82) is 0 Å². The smallest absolute Gasteiger partial charge is 0.270 e. The van der Waals surface area contributed by atoms with Gasteiger partial charge in [-0.1, -0.05) is 0 Å². The summed E-state index contributed by atoms with van der Waals surface area (Å²) in [6.07, 6.45) is 4.97. The minimum atomic E-state index is -0.379. The first-order valence-corrected chi connectivity index (χ1v) is 9.03. The highest BCUT2D eigenvalue weighted by Crippen LogP contribution is 2.27. The van der Waals surface area contributed by atoms with Gasteiger partial charge in [-0.25, -0.2) is 9.97 Å². The highest BCUT2D eigenvalue weighted by Gasteiger charge is 2.27. The van der Waals surface area contributed by atoms with Crippen molar-refractivity contribution in [2.24, 2.45) is 0 Å². The molecule has 0 unspecified atom stereocenters. The predicted octanol–water partition coefficient (Wildman–Crippen LogP) is 2.91. The molecule has 0 aliphatic carbocycles. The molecule has 0 N–H and O–H groups in total. The molecule has 0 amide bonds. The molecule has 3 heterocycles. The van der Waals surface area contributed by atoms with Gasteiger partial charge in [0.25, 0.3) is 5.69 Å². The summed E-state index contributed by atoms with van der Waals surface area (Å²) in [5.74, 6) is 0.749. The van der Waals surface area contributed by atoms with Gasteiger partial charge in [-0.3, -0.25) is 10.1 Å². The van der Waals surface area contributed by atoms with Gasteiger partial charge in [-0.15, -0.1) is 0 Å². The lowest BCUT2D eigenvalue weighted by atomic mass is 10.0. The molecule has 7 heteroatoms. The maximum absolute atomic E-state index is 11.0. The number of non-ortho nitro benzene ring substituents is 1. The molecular formula is C18H23N5O2. The van der Waals surface area contributed by atoms with Crippen LogP contribution in [-0.2, 0) is 0 Å². The van der Waals surface area contributed by atoms with E-state index in [1.165, 1.54) is 32.0 Å². The molecule has 1 aromatic heterocycles. The number of aromatic nitrogens is 2. The molecule has 7 nitrogen and oxygen atoms in total. The molecule has 0 bridgehead atoms. The highest BCUT2D eigenvalue weighted by molar-refractivity contribution is 5.84. The van der Waals surface area contributed by atoms with Crippen LogP contribution in [0, 0.1) is 17.0 Å². The van der Waals surface area contributed by atoms with E-state index in [-0.39, 0.29) is 10.6 Å². The summed E-state index contributed by atoms with van der Waals surface area (Å²) in [6, 6.07) is 5.50. The Hall–Kier alpha value is -2.28. The molecule has 2 aliphatic rings. The van der Waals surface area contributed by atoms with Gasteiger partial charge in [0.05, 0.1) is 16.1 Å². The van der Waals surface area contributed by atoms with Crippen LogP contribution in [0.25, 0.3) is 10.9 Å².